The van der Waals surface area contributed by atoms with Gasteiger partial charge < -0.3 is 0 Å². The van der Waals surface area contributed by atoms with Gasteiger partial charge in [-0.3, -0.25) is 14.3 Å². The summed E-state index contributed by atoms with van der Waals surface area (Å²) in [5.41, 5.74) is 3.57. The van der Waals surface area contributed by atoms with Crippen molar-refractivity contribution < 1.29 is 4.79 Å². The Balaban J connectivity index is 1.61. The van der Waals surface area contributed by atoms with Gasteiger partial charge in [-0.05, 0) is 23.6 Å². The summed E-state index contributed by atoms with van der Waals surface area (Å²) in [4.78, 5) is 15.2. The van der Waals surface area contributed by atoms with Gasteiger partial charge in [-0.15, -0.1) is 6.58 Å². The Hall–Kier alpha value is -2.91. The summed E-state index contributed by atoms with van der Waals surface area (Å²) in [6.45, 7) is 6.60. The molecule has 2 heterocycles. The van der Waals surface area contributed by atoms with E-state index in [1.807, 2.05) is 16.7 Å². The minimum atomic E-state index is 0.128. The van der Waals surface area contributed by atoms with Crippen molar-refractivity contribution in [2.24, 2.45) is 0 Å². The lowest BCUT2D eigenvalue weighted by Crippen LogP contribution is -2.31. The quantitative estimate of drug-likeness (QED) is 0.543. The van der Waals surface area contributed by atoms with E-state index in [4.69, 9.17) is 0 Å². The largest absolute Gasteiger partial charge is 0.295 e. The lowest BCUT2D eigenvalue weighted by atomic mass is 9.95. The maximum absolute atomic E-state index is 12.7. The van der Waals surface area contributed by atoms with Gasteiger partial charge in [0.05, 0.1) is 5.52 Å². The topological polar surface area (TPSA) is 25.2 Å². The molecule has 3 aromatic rings. The Labute approximate surface area is 166 Å². The number of para-hydroxylation sites is 1. The van der Waals surface area contributed by atoms with Gasteiger partial charge in [0.15, 0.2) is 0 Å². The van der Waals surface area contributed by atoms with E-state index in [1.54, 1.807) is 6.08 Å². The number of carbonyl (C=O) groups is 1. The highest BCUT2D eigenvalue weighted by Crippen LogP contribution is 2.31. The van der Waals surface area contributed by atoms with Crippen LogP contribution in [0.4, 0.5) is 0 Å². The van der Waals surface area contributed by atoms with Gasteiger partial charge in [-0.25, -0.2) is 0 Å². The number of fused-ring (bicyclic) bond motifs is 1. The van der Waals surface area contributed by atoms with Gasteiger partial charge in [0.25, 0.3) is 0 Å². The number of hydrogen-bond acceptors (Lipinski definition) is 2. The zero-order valence-electron chi connectivity index (χ0n) is 16.1. The fourth-order valence-corrected chi connectivity index (χ4v) is 4.01. The summed E-state index contributed by atoms with van der Waals surface area (Å²) in [6, 6.07) is 18.8. The van der Waals surface area contributed by atoms with Gasteiger partial charge >= 0.3 is 0 Å². The maximum atomic E-state index is 12.7. The molecule has 0 saturated carbocycles. The van der Waals surface area contributed by atoms with Crippen molar-refractivity contribution in [3.8, 4) is 0 Å². The number of aromatic nitrogens is 1. The van der Waals surface area contributed by atoms with Crippen LogP contribution in [-0.2, 0) is 6.54 Å². The fourth-order valence-electron chi connectivity index (χ4n) is 4.01. The Bertz CT molecular complexity index is 1000. The summed E-state index contributed by atoms with van der Waals surface area (Å²) < 4.78 is 1.83. The van der Waals surface area contributed by atoms with E-state index in [-0.39, 0.29) is 11.8 Å². The van der Waals surface area contributed by atoms with Crippen LogP contribution in [0.15, 0.2) is 85.6 Å². The van der Waals surface area contributed by atoms with E-state index in [2.05, 4.69) is 72.3 Å². The first-order chi connectivity index (χ1) is 13.8. The summed E-state index contributed by atoms with van der Waals surface area (Å²) in [7, 11) is 0. The van der Waals surface area contributed by atoms with E-state index >= 15 is 0 Å². The third-order valence-corrected chi connectivity index (χ3v) is 5.41. The molecule has 1 atom stereocenters. The van der Waals surface area contributed by atoms with E-state index in [0.29, 0.717) is 12.8 Å². The highest BCUT2D eigenvalue weighted by atomic mass is 16.2. The summed E-state index contributed by atoms with van der Waals surface area (Å²) in [5.74, 6) is 0.416. The third-order valence-electron chi connectivity index (χ3n) is 5.41. The molecule has 0 spiro atoms. The van der Waals surface area contributed by atoms with E-state index in [0.717, 1.165) is 25.2 Å². The molecule has 0 saturated heterocycles. The summed E-state index contributed by atoms with van der Waals surface area (Å²) in [6.07, 6.45) is 9.59. The average Bonchev–Trinajstić information content (AvgIpc) is 3.13. The van der Waals surface area contributed by atoms with Crippen LogP contribution in [0.3, 0.4) is 0 Å². The molecule has 0 amide bonds. The lowest BCUT2D eigenvalue weighted by molar-refractivity contribution is 0.0909. The predicted octanol–water partition coefficient (Wildman–Crippen LogP) is 5.40. The second kappa shape index (κ2) is 8.41. The zero-order valence-corrected chi connectivity index (χ0v) is 16.1. The number of carbonyl (C=O) groups excluding carboxylic acids is 1. The highest BCUT2D eigenvalue weighted by molar-refractivity contribution is 5.95. The predicted molar refractivity (Wildman–Crippen MR) is 116 cm³/mol. The number of nitrogens with zero attached hydrogens (tertiary/aromatic N) is 2. The van der Waals surface area contributed by atoms with Gasteiger partial charge in [0.2, 0.25) is 5.91 Å². The van der Waals surface area contributed by atoms with E-state index in [9.17, 15) is 4.79 Å². The minimum absolute atomic E-state index is 0.128. The molecule has 1 unspecified atom stereocenters. The lowest BCUT2D eigenvalue weighted by Gasteiger charge is -2.28. The average molecular weight is 370 g/mol. The number of benzene rings is 2. The van der Waals surface area contributed by atoms with Crippen molar-refractivity contribution in [3.63, 3.8) is 0 Å². The van der Waals surface area contributed by atoms with Gasteiger partial charge in [-0.2, -0.15) is 0 Å². The number of allylic oxidation sites excluding steroid dienone is 1. The first-order valence-electron chi connectivity index (χ1n) is 9.93. The molecule has 0 bridgehead atoms. The third kappa shape index (κ3) is 3.85. The smallest absolute Gasteiger partial charge is 0.231 e. The van der Waals surface area contributed by atoms with Crippen LogP contribution in [0.5, 0.6) is 0 Å². The molecule has 1 aromatic heterocycles. The van der Waals surface area contributed by atoms with Crippen molar-refractivity contribution in [2.45, 2.75) is 25.3 Å². The fraction of sp³-hybridized carbons (Fsp3) is 0.240. The molecule has 1 aliphatic heterocycles. The molecule has 2 aromatic carbocycles. The summed E-state index contributed by atoms with van der Waals surface area (Å²) >= 11 is 0. The van der Waals surface area contributed by atoms with Gasteiger partial charge in [0.1, 0.15) is 0 Å². The van der Waals surface area contributed by atoms with Gasteiger partial charge in [-0.1, -0.05) is 66.8 Å². The van der Waals surface area contributed by atoms with Crippen molar-refractivity contribution >= 4 is 16.8 Å². The standard InChI is InChI=1S/C25H26N2O/c1-2-3-15-25(28)27-19-23(22-13-7-8-14-24(22)27)21-12-9-16-26(18-21)17-20-10-5-4-6-11-20/h2,4-14,19,21H,1,3,15-18H2. The van der Waals surface area contributed by atoms with E-state index in [1.165, 1.54) is 16.5 Å². The molecule has 1 aliphatic rings. The Morgan fingerprint density at radius 1 is 1.11 bits per heavy atom. The number of hydrogen-bond donors (Lipinski definition) is 0. The molecule has 28 heavy (non-hydrogen) atoms. The normalized spacial score (nSPS) is 17.1. The molecule has 4 rings (SSSR count). The van der Waals surface area contributed by atoms with Crippen molar-refractivity contribution in [1.82, 2.24) is 9.47 Å². The molecular formula is C25H26N2O. The Morgan fingerprint density at radius 2 is 1.89 bits per heavy atom. The molecule has 0 fully saturated rings. The molecule has 0 N–H and O–H groups in total. The first kappa shape index (κ1) is 18.5. The van der Waals surface area contributed by atoms with Crippen molar-refractivity contribution in [3.05, 3.63) is 96.7 Å². The van der Waals surface area contributed by atoms with Crippen LogP contribution in [-0.4, -0.2) is 28.5 Å². The monoisotopic (exact) mass is 370 g/mol. The van der Waals surface area contributed by atoms with Crippen LogP contribution in [0.1, 0.15) is 34.7 Å². The summed E-state index contributed by atoms with van der Waals surface area (Å²) in [5, 5.41) is 1.17. The van der Waals surface area contributed by atoms with Crippen molar-refractivity contribution in [1.29, 1.82) is 0 Å². The van der Waals surface area contributed by atoms with Crippen LogP contribution < -0.4 is 0 Å². The SMILES string of the molecule is C=CCCC(=O)n1cc(C2C=CCN(Cc3ccccc3)C2)c2ccccc21. The molecule has 0 aliphatic carbocycles. The highest BCUT2D eigenvalue weighted by Gasteiger charge is 2.22. The Morgan fingerprint density at radius 3 is 2.71 bits per heavy atom. The molecule has 142 valence electrons. The van der Waals surface area contributed by atoms with E-state index < -0.39 is 0 Å². The molecule has 0 radical (unpaired) electrons. The van der Waals surface area contributed by atoms with Crippen LogP contribution >= 0.6 is 0 Å². The van der Waals surface area contributed by atoms with Crippen LogP contribution in [0.25, 0.3) is 10.9 Å². The molecule has 3 heteroatoms. The van der Waals surface area contributed by atoms with Crippen LogP contribution in [0, 0.1) is 0 Å². The molecular weight excluding hydrogens is 344 g/mol. The second-order valence-corrected chi connectivity index (χ2v) is 7.41. The van der Waals surface area contributed by atoms with Crippen molar-refractivity contribution in [2.75, 3.05) is 13.1 Å². The zero-order chi connectivity index (χ0) is 19.3. The first-order valence-corrected chi connectivity index (χ1v) is 9.93. The second-order valence-electron chi connectivity index (χ2n) is 7.41. The van der Waals surface area contributed by atoms with Gasteiger partial charge in [0, 0.05) is 43.6 Å². The molecule has 3 nitrogen and oxygen atoms in total. The number of rotatable bonds is 6. The minimum Gasteiger partial charge on any atom is -0.295 e. The Kier molecular flexibility index (Phi) is 5.54. The van der Waals surface area contributed by atoms with Crippen LogP contribution in [0.2, 0.25) is 0 Å². The maximum Gasteiger partial charge on any atom is 0.231 e.